The van der Waals surface area contributed by atoms with Crippen LogP contribution >= 0.6 is 11.6 Å². The predicted molar refractivity (Wildman–Crippen MR) is 111 cm³/mol. The summed E-state index contributed by atoms with van der Waals surface area (Å²) in [6.07, 6.45) is 6.58. The molecule has 1 aromatic heterocycles. The minimum Gasteiger partial charge on any atom is -0.457 e. The molecule has 4 atom stereocenters. The number of hydrogen-bond donors (Lipinski definition) is 0. The highest BCUT2D eigenvalue weighted by atomic mass is 35.5. The predicted octanol–water partition coefficient (Wildman–Crippen LogP) is 4.45. The Balaban J connectivity index is 1.40. The third kappa shape index (κ3) is 3.88. The number of ether oxygens (including phenoxy) is 2. The summed E-state index contributed by atoms with van der Waals surface area (Å²) in [6, 6.07) is 1.90. The lowest BCUT2D eigenvalue weighted by atomic mass is 9.49. The number of halogens is 1. The van der Waals surface area contributed by atoms with E-state index in [9.17, 15) is 9.59 Å². The molecule has 0 aromatic carbocycles. The lowest BCUT2D eigenvalue weighted by molar-refractivity contribution is -0.168. The number of aromatic nitrogens is 1. The van der Waals surface area contributed by atoms with Crippen molar-refractivity contribution in [3.05, 3.63) is 23.0 Å². The fourth-order valence-corrected chi connectivity index (χ4v) is 7.24. The fraction of sp³-hybridized carbons (Fsp3) is 0.739. The van der Waals surface area contributed by atoms with Gasteiger partial charge in [0.1, 0.15) is 0 Å². The maximum Gasteiger partial charge on any atom is 0.312 e. The van der Waals surface area contributed by atoms with Gasteiger partial charge in [-0.3, -0.25) is 9.59 Å². The number of carbonyl (C=O) groups is 2. The van der Waals surface area contributed by atoms with Crippen molar-refractivity contribution in [1.29, 1.82) is 0 Å². The number of rotatable bonds is 8. The molecule has 29 heavy (non-hydrogen) atoms. The highest BCUT2D eigenvalue weighted by Crippen LogP contribution is 2.64. The van der Waals surface area contributed by atoms with Gasteiger partial charge in [-0.1, -0.05) is 0 Å². The Bertz CT molecular complexity index is 800. The van der Waals surface area contributed by atoms with Crippen molar-refractivity contribution in [2.45, 2.75) is 70.2 Å². The fourth-order valence-electron chi connectivity index (χ4n) is 6.55. The maximum absolute atomic E-state index is 13.1. The summed E-state index contributed by atoms with van der Waals surface area (Å²) in [5.41, 5.74) is 2.14. The van der Waals surface area contributed by atoms with Crippen LogP contribution in [0.3, 0.4) is 0 Å². The normalized spacial score (nSPS) is 32.6. The third-order valence-corrected chi connectivity index (χ3v) is 7.80. The van der Waals surface area contributed by atoms with Crippen molar-refractivity contribution < 1.29 is 19.1 Å². The van der Waals surface area contributed by atoms with Crippen LogP contribution in [0.4, 0.5) is 0 Å². The van der Waals surface area contributed by atoms with Gasteiger partial charge in [0.2, 0.25) is 5.78 Å². The van der Waals surface area contributed by atoms with E-state index in [4.69, 9.17) is 21.1 Å². The molecule has 0 amide bonds. The Hall–Kier alpha value is -1.33. The molecule has 1 heterocycles. The molecule has 4 fully saturated rings. The summed E-state index contributed by atoms with van der Waals surface area (Å²) < 4.78 is 12.9. The number of nitrogens with zero attached hydrogens (tertiary/aromatic N) is 1. The Morgan fingerprint density at radius 1 is 1.21 bits per heavy atom. The summed E-state index contributed by atoms with van der Waals surface area (Å²) in [5, 5.41) is 0. The van der Waals surface area contributed by atoms with Gasteiger partial charge in [0.05, 0.1) is 5.41 Å². The van der Waals surface area contributed by atoms with Crippen molar-refractivity contribution >= 4 is 23.4 Å². The molecule has 0 N–H and O–H groups in total. The quantitative estimate of drug-likeness (QED) is 0.269. The van der Waals surface area contributed by atoms with E-state index in [0.717, 1.165) is 50.0 Å². The van der Waals surface area contributed by atoms with Crippen molar-refractivity contribution in [3.63, 3.8) is 0 Å². The van der Waals surface area contributed by atoms with E-state index in [-0.39, 0.29) is 23.2 Å². The molecule has 160 valence electrons. The SMILES string of the molecule is COCCCn1c(C)cc(C(=O)COC(=O)C23C[C@@H]4C[C@@H](CC(Cl)(C4)C2)C3)c1C. The first-order valence-electron chi connectivity index (χ1n) is 10.8. The maximum atomic E-state index is 13.1. The number of aryl methyl sites for hydroxylation is 1. The van der Waals surface area contributed by atoms with Gasteiger partial charge in [0, 0.05) is 42.1 Å². The average Bonchev–Trinajstić information content (AvgIpc) is 2.92. The minimum atomic E-state index is -0.469. The van der Waals surface area contributed by atoms with Gasteiger partial charge in [0.15, 0.2) is 6.61 Å². The zero-order valence-electron chi connectivity index (χ0n) is 17.8. The number of alkyl halides is 1. The van der Waals surface area contributed by atoms with E-state index >= 15 is 0 Å². The smallest absolute Gasteiger partial charge is 0.312 e. The molecule has 4 saturated carbocycles. The van der Waals surface area contributed by atoms with Crippen LogP contribution in [-0.2, 0) is 20.8 Å². The second kappa shape index (κ2) is 7.73. The molecule has 0 aliphatic heterocycles. The Morgan fingerprint density at radius 3 is 2.52 bits per heavy atom. The largest absolute Gasteiger partial charge is 0.457 e. The van der Waals surface area contributed by atoms with Crippen molar-refractivity contribution in [2.24, 2.45) is 17.3 Å². The van der Waals surface area contributed by atoms with Crippen LogP contribution in [-0.4, -0.2) is 41.5 Å². The second-order valence-electron chi connectivity index (χ2n) is 9.67. The summed E-state index contributed by atoms with van der Waals surface area (Å²) >= 11 is 6.83. The molecular weight excluding hydrogens is 390 g/mol. The molecule has 0 spiro atoms. The average molecular weight is 422 g/mol. The van der Waals surface area contributed by atoms with E-state index in [1.807, 2.05) is 19.9 Å². The summed E-state index contributed by atoms with van der Waals surface area (Å²) in [6.45, 7) is 5.25. The van der Waals surface area contributed by atoms with Crippen molar-refractivity contribution in [2.75, 3.05) is 20.3 Å². The molecule has 1 aromatic rings. The number of ketones is 1. The van der Waals surface area contributed by atoms with Crippen LogP contribution < -0.4 is 0 Å². The molecule has 4 aliphatic carbocycles. The van der Waals surface area contributed by atoms with E-state index < -0.39 is 5.41 Å². The van der Waals surface area contributed by atoms with Crippen LogP contribution in [0, 0.1) is 31.1 Å². The molecule has 5 rings (SSSR count). The first-order valence-corrected chi connectivity index (χ1v) is 11.2. The summed E-state index contributed by atoms with van der Waals surface area (Å²) in [5.74, 6) is 0.722. The van der Waals surface area contributed by atoms with E-state index in [0.29, 0.717) is 30.4 Å². The van der Waals surface area contributed by atoms with Crippen LogP contribution in [0.5, 0.6) is 0 Å². The summed E-state index contributed by atoms with van der Waals surface area (Å²) in [7, 11) is 1.69. The molecule has 0 radical (unpaired) electrons. The molecule has 0 saturated heterocycles. The Morgan fingerprint density at radius 2 is 1.90 bits per heavy atom. The van der Waals surface area contributed by atoms with E-state index in [2.05, 4.69) is 4.57 Å². The van der Waals surface area contributed by atoms with E-state index in [1.54, 1.807) is 7.11 Å². The number of Topliss-reactive ketones (excluding diaryl/α,β-unsaturated/α-hetero) is 1. The zero-order chi connectivity index (χ0) is 20.8. The Kier molecular flexibility index (Phi) is 5.58. The highest BCUT2D eigenvalue weighted by Gasteiger charge is 2.60. The van der Waals surface area contributed by atoms with Gasteiger partial charge in [-0.2, -0.15) is 0 Å². The monoisotopic (exact) mass is 421 g/mol. The molecular formula is C23H32ClNO4. The minimum absolute atomic E-state index is 0.130. The highest BCUT2D eigenvalue weighted by molar-refractivity contribution is 6.24. The van der Waals surface area contributed by atoms with Gasteiger partial charge < -0.3 is 14.0 Å². The molecule has 6 heteroatoms. The van der Waals surface area contributed by atoms with Gasteiger partial charge in [0.25, 0.3) is 0 Å². The topological polar surface area (TPSA) is 57.5 Å². The standard InChI is InChI=1S/C23H32ClNO4/c1-15-7-19(16(2)25(15)5-4-6-28-3)20(26)13-29-21(27)22-9-17-8-18(10-22)12-23(24,11-17)14-22/h7,17-18H,4-6,8-14H2,1-3H3/t17-,18+,22?,23?. The zero-order valence-corrected chi connectivity index (χ0v) is 18.5. The first kappa shape index (κ1) is 20.9. The number of carbonyl (C=O) groups excluding carboxylic acids is 2. The first-order chi connectivity index (χ1) is 13.8. The second-order valence-corrected chi connectivity index (χ2v) is 10.5. The van der Waals surface area contributed by atoms with Crippen LogP contribution in [0.2, 0.25) is 0 Å². The van der Waals surface area contributed by atoms with Crippen LogP contribution in [0.25, 0.3) is 0 Å². The number of hydrogen-bond acceptors (Lipinski definition) is 4. The van der Waals surface area contributed by atoms with Gasteiger partial charge in [-0.15, -0.1) is 11.6 Å². The molecule has 4 bridgehead atoms. The van der Waals surface area contributed by atoms with Gasteiger partial charge in [-0.05, 0) is 76.7 Å². The van der Waals surface area contributed by atoms with E-state index in [1.165, 1.54) is 6.42 Å². The lowest BCUT2D eigenvalue weighted by Gasteiger charge is -2.58. The van der Waals surface area contributed by atoms with Crippen molar-refractivity contribution in [1.82, 2.24) is 4.57 Å². The number of methoxy groups -OCH3 is 1. The van der Waals surface area contributed by atoms with Crippen molar-refractivity contribution in [3.8, 4) is 0 Å². The molecule has 2 unspecified atom stereocenters. The third-order valence-electron chi connectivity index (χ3n) is 7.36. The molecule has 5 nitrogen and oxygen atoms in total. The Labute approximate surface area is 178 Å². The van der Waals surface area contributed by atoms with Crippen LogP contribution in [0.1, 0.15) is 66.7 Å². The summed E-state index contributed by atoms with van der Waals surface area (Å²) in [4.78, 5) is 25.6. The van der Waals surface area contributed by atoms with Gasteiger partial charge in [-0.25, -0.2) is 0 Å². The number of esters is 1. The molecule has 4 aliphatic rings. The van der Waals surface area contributed by atoms with Crippen LogP contribution in [0.15, 0.2) is 6.07 Å². The van der Waals surface area contributed by atoms with Gasteiger partial charge >= 0.3 is 5.97 Å². The lowest BCUT2D eigenvalue weighted by Crippen LogP contribution is -2.56.